The highest BCUT2D eigenvalue weighted by Gasteiger charge is 2.40. The molecule has 0 bridgehead atoms. The summed E-state index contributed by atoms with van der Waals surface area (Å²) in [7, 11) is 0. The topological polar surface area (TPSA) is 69.7 Å². The van der Waals surface area contributed by atoms with Crippen molar-refractivity contribution in [2.45, 2.75) is 47.1 Å². The minimum absolute atomic E-state index is 0.0243. The molecule has 1 atom stereocenters. The van der Waals surface area contributed by atoms with Crippen LogP contribution in [0.25, 0.3) is 11.1 Å². The van der Waals surface area contributed by atoms with E-state index in [1.54, 1.807) is 15.9 Å². The monoisotopic (exact) mass is 433 g/mol. The molecule has 3 amide bonds. The molecule has 1 fully saturated rings. The number of aryl methyl sites for hydroxylation is 2. The van der Waals surface area contributed by atoms with Crippen LogP contribution in [0.3, 0.4) is 0 Å². The molecule has 2 aliphatic heterocycles. The summed E-state index contributed by atoms with van der Waals surface area (Å²) >= 11 is 0. The van der Waals surface area contributed by atoms with Crippen molar-refractivity contribution in [3.63, 3.8) is 0 Å². The van der Waals surface area contributed by atoms with Crippen LogP contribution in [0.2, 0.25) is 0 Å². The molecule has 0 spiro atoms. The molecule has 2 heterocycles. The van der Waals surface area contributed by atoms with E-state index in [0.29, 0.717) is 30.8 Å². The van der Waals surface area contributed by atoms with Gasteiger partial charge in [0.15, 0.2) is 0 Å². The Hall–Kier alpha value is -3.15. The average Bonchev–Trinajstić information content (AvgIpc) is 2.81. The average molecular weight is 434 g/mol. The highest BCUT2D eigenvalue weighted by Crippen LogP contribution is 2.32. The van der Waals surface area contributed by atoms with Crippen molar-refractivity contribution in [2.24, 2.45) is 5.41 Å². The summed E-state index contributed by atoms with van der Waals surface area (Å²) < 4.78 is 0. The van der Waals surface area contributed by atoms with E-state index in [9.17, 15) is 14.4 Å². The first-order chi connectivity index (χ1) is 15.0. The molecule has 0 saturated carbocycles. The number of nitrogens with zero attached hydrogens (tertiary/aromatic N) is 2. The van der Waals surface area contributed by atoms with Gasteiger partial charge in [0, 0.05) is 19.5 Å². The molecule has 2 aromatic carbocycles. The Balaban J connectivity index is 1.62. The smallest absolute Gasteiger partial charge is 0.256 e. The van der Waals surface area contributed by atoms with Gasteiger partial charge < -0.3 is 15.1 Å². The number of benzene rings is 2. The fourth-order valence-electron chi connectivity index (χ4n) is 4.55. The number of carbonyl (C=O) groups is 3. The van der Waals surface area contributed by atoms with Crippen LogP contribution < -0.4 is 5.32 Å². The Morgan fingerprint density at radius 1 is 1.03 bits per heavy atom. The van der Waals surface area contributed by atoms with Gasteiger partial charge in [-0.05, 0) is 48.1 Å². The predicted molar refractivity (Wildman–Crippen MR) is 125 cm³/mol. The fourth-order valence-corrected chi connectivity index (χ4v) is 4.55. The maximum absolute atomic E-state index is 13.5. The minimum Gasteiger partial charge on any atom is -0.338 e. The second-order valence-corrected chi connectivity index (χ2v) is 10.2. The zero-order valence-corrected chi connectivity index (χ0v) is 19.5. The number of hydrogen-bond donors (Lipinski definition) is 1. The molecule has 4 rings (SSSR count). The Bertz CT molecular complexity index is 1100. The molecule has 0 radical (unpaired) electrons. The molecular weight excluding hydrogens is 402 g/mol. The van der Waals surface area contributed by atoms with Gasteiger partial charge in [0.1, 0.15) is 6.04 Å². The molecule has 6 nitrogen and oxygen atoms in total. The summed E-state index contributed by atoms with van der Waals surface area (Å²) in [5.41, 5.74) is 5.22. The van der Waals surface area contributed by atoms with E-state index in [4.69, 9.17) is 0 Å². The van der Waals surface area contributed by atoms with Crippen LogP contribution in [0, 0.1) is 19.3 Å². The summed E-state index contributed by atoms with van der Waals surface area (Å²) in [5.74, 6) is -0.390. The van der Waals surface area contributed by atoms with E-state index in [-0.39, 0.29) is 29.7 Å². The fraction of sp³-hybridized carbons (Fsp3) is 0.423. The second kappa shape index (κ2) is 8.08. The zero-order chi connectivity index (χ0) is 23.2. The minimum atomic E-state index is -0.683. The number of hydrogen-bond acceptors (Lipinski definition) is 3. The van der Waals surface area contributed by atoms with Gasteiger partial charge in [-0.1, -0.05) is 50.6 Å². The Morgan fingerprint density at radius 2 is 1.78 bits per heavy atom. The Labute approximate surface area is 189 Å². The Kier molecular flexibility index (Phi) is 5.57. The lowest BCUT2D eigenvalue weighted by Crippen LogP contribution is -2.59. The summed E-state index contributed by atoms with van der Waals surface area (Å²) in [6, 6.07) is 11.2. The van der Waals surface area contributed by atoms with Crippen molar-refractivity contribution in [3.05, 3.63) is 53.1 Å². The third kappa shape index (κ3) is 4.27. The normalized spacial score (nSPS) is 18.6. The van der Waals surface area contributed by atoms with Gasteiger partial charge in [0.05, 0.1) is 17.8 Å². The van der Waals surface area contributed by atoms with E-state index in [1.807, 2.05) is 32.9 Å². The lowest BCUT2D eigenvalue weighted by molar-refractivity contribution is -0.137. The first-order valence-electron chi connectivity index (χ1n) is 11.1. The third-order valence-corrected chi connectivity index (χ3v) is 6.18. The lowest BCUT2D eigenvalue weighted by atomic mass is 9.91. The maximum Gasteiger partial charge on any atom is 0.256 e. The number of rotatable bonds is 2. The first kappa shape index (κ1) is 22.1. The molecule has 2 aliphatic rings. The molecule has 6 heteroatoms. The molecular formula is C26H31N3O3. The van der Waals surface area contributed by atoms with Crippen molar-refractivity contribution < 1.29 is 14.4 Å². The third-order valence-electron chi connectivity index (χ3n) is 6.18. The van der Waals surface area contributed by atoms with Gasteiger partial charge in [0.2, 0.25) is 11.8 Å². The lowest BCUT2D eigenvalue weighted by Gasteiger charge is -2.40. The zero-order valence-electron chi connectivity index (χ0n) is 19.5. The summed E-state index contributed by atoms with van der Waals surface area (Å²) in [4.78, 5) is 42.6. The maximum atomic E-state index is 13.5. The van der Waals surface area contributed by atoms with Gasteiger partial charge in [-0.2, -0.15) is 0 Å². The van der Waals surface area contributed by atoms with Gasteiger partial charge >= 0.3 is 0 Å². The highest BCUT2D eigenvalue weighted by molar-refractivity contribution is 6.10. The number of nitrogens with one attached hydrogen (secondary N) is 1. The number of carbonyl (C=O) groups excluding carboxylic acids is 3. The second-order valence-electron chi connectivity index (χ2n) is 10.2. The van der Waals surface area contributed by atoms with Crippen molar-refractivity contribution in [1.29, 1.82) is 0 Å². The molecule has 1 unspecified atom stereocenters. The van der Waals surface area contributed by atoms with Gasteiger partial charge in [0.25, 0.3) is 5.91 Å². The van der Waals surface area contributed by atoms with Crippen LogP contribution in [0.4, 0.5) is 5.69 Å². The van der Waals surface area contributed by atoms with Crippen molar-refractivity contribution in [3.8, 4) is 11.1 Å². The largest absolute Gasteiger partial charge is 0.338 e. The summed E-state index contributed by atoms with van der Waals surface area (Å²) in [5, 5.41) is 2.92. The number of anilines is 1. The first-order valence-corrected chi connectivity index (χ1v) is 11.1. The molecule has 1 N–H and O–H groups in total. The molecule has 1 saturated heterocycles. The van der Waals surface area contributed by atoms with Crippen LogP contribution >= 0.6 is 0 Å². The van der Waals surface area contributed by atoms with Crippen LogP contribution in [-0.2, 0) is 9.59 Å². The van der Waals surface area contributed by atoms with Crippen molar-refractivity contribution in [2.75, 3.05) is 25.0 Å². The van der Waals surface area contributed by atoms with Crippen LogP contribution in [-0.4, -0.2) is 53.2 Å². The number of fused-ring (bicyclic) bond motifs is 2. The van der Waals surface area contributed by atoms with E-state index in [0.717, 1.165) is 16.7 Å². The van der Waals surface area contributed by atoms with Crippen LogP contribution in [0.1, 0.15) is 48.7 Å². The molecule has 168 valence electrons. The number of amides is 3. The van der Waals surface area contributed by atoms with Gasteiger partial charge in [-0.15, -0.1) is 0 Å². The molecule has 0 aliphatic carbocycles. The van der Waals surface area contributed by atoms with Crippen molar-refractivity contribution >= 4 is 23.4 Å². The van der Waals surface area contributed by atoms with E-state index in [1.165, 1.54) is 5.56 Å². The predicted octanol–water partition coefficient (Wildman–Crippen LogP) is 4.01. The molecule has 32 heavy (non-hydrogen) atoms. The van der Waals surface area contributed by atoms with E-state index in [2.05, 4.69) is 37.4 Å². The quantitative estimate of drug-likeness (QED) is 0.778. The number of piperazine rings is 1. The van der Waals surface area contributed by atoms with E-state index < -0.39 is 6.04 Å². The summed E-state index contributed by atoms with van der Waals surface area (Å²) in [6.07, 6.45) is 0.411. The highest BCUT2D eigenvalue weighted by atomic mass is 16.2. The molecule has 0 aromatic heterocycles. The van der Waals surface area contributed by atoms with Crippen LogP contribution in [0.5, 0.6) is 0 Å². The van der Waals surface area contributed by atoms with Gasteiger partial charge in [-0.3, -0.25) is 14.4 Å². The van der Waals surface area contributed by atoms with Gasteiger partial charge in [-0.25, -0.2) is 0 Å². The Morgan fingerprint density at radius 3 is 2.47 bits per heavy atom. The molecule has 2 aromatic rings. The van der Waals surface area contributed by atoms with Crippen LogP contribution in [0.15, 0.2) is 36.4 Å². The summed E-state index contributed by atoms with van der Waals surface area (Å²) in [6.45, 7) is 11.2. The van der Waals surface area contributed by atoms with E-state index >= 15 is 0 Å². The van der Waals surface area contributed by atoms with Crippen molar-refractivity contribution in [1.82, 2.24) is 9.80 Å². The standard InChI is InChI=1S/C26H31N3O3/c1-16-6-8-19(17(2)12-16)18-7-9-21-20(13-18)25(32)29-11-10-28(15-22(29)24(31)27-21)23(30)14-26(3,4)5/h6-9,12-13,22H,10-11,14-15H2,1-5H3,(H,27,31). The SMILES string of the molecule is Cc1ccc(-c2ccc3c(c2)C(=O)N2CCN(C(=O)CC(C)(C)C)CC2C(=O)N3)c(C)c1.